The summed E-state index contributed by atoms with van der Waals surface area (Å²) >= 11 is 0. The summed E-state index contributed by atoms with van der Waals surface area (Å²) in [4.78, 5) is 32.5. The van der Waals surface area contributed by atoms with Crippen molar-refractivity contribution in [3.8, 4) is 0 Å². The number of hydrogen-bond donors (Lipinski definition) is 1. The zero-order valence-corrected chi connectivity index (χ0v) is 15.7. The first-order chi connectivity index (χ1) is 13.1. The Kier molecular flexibility index (Phi) is 4.44. The summed E-state index contributed by atoms with van der Waals surface area (Å²) in [5, 5.41) is 0.796. The molecule has 0 unspecified atom stereocenters. The number of amides is 1. The number of H-pyrrole nitrogens is 1. The lowest BCUT2D eigenvalue weighted by molar-refractivity contribution is -0.126. The molecule has 0 spiro atoms. The number of nitrogens with zero attached hydrogens (tertiary/aromatic N) is 2. The molecule has 5 heteroatoms. The van der Waals surface area contributed by atoms with Crippen LogP contribution in [0.2, 0.25) is 0 Å². The molecule has 2 aromatic carbocycles. The van der Waals surface area contributed by atoms with Crippen molar-refractivity contribution in [1.29, 1.82) is 0 Å². The van der Waals surface area contributed by atoms with Gasteiger partial charge in [-0.25, -0.2) is 0 Å². The van der Waals surface area contributed by atoms with Gasteiger partial charge in [0, 0.05) is 49.0 Å². The van der Waals surface area contributed by atoms with Crippen LogP contribution in [0, 0.1) is 13.8 Å². The second-order valence-corrected chi connectivity index (χ2v) is 7.08. The van der Waals surface area contributed by atoms with E-state index in [4.69, 9.17) is 0 Å². The number of para-hydroxylation sites is 1. The van der Waals surface area contributed by atoms with Gasteiger partial charge in [-0.15, -0.1) is 0 Å². The fourth-order valence-corrected chi connectivity index (χ4v) is 3.75. The Labute approximate surface area is 158 Å². The Morgan fingerprint density at radius 3 is 2.44 bits per heavy atom. The third-order valence-electron chi connectivity index (χ3n) is 5.51. The average Bonchev–Trinajstić information content (AvgIpc) is 3.13. The van der Waals surface area contributed by atoms with Crippen LogP contribution in [0.25, 0.3) is 10.9 Å². The maximum Gasteiger partial charge on any atom is 0.295 e. The number of benzene rings is 2. The van der Waals surface area contributed by atoms with Crippen molar-refractivity contribution >= 4 is 28.3 Å². The number of aromatic nitrogens is 1. The standard InChI is InChI=1S/C22H23N3O2/c1-15-6-5-9-20(16(15)2)24-10-12-25(13-11-24)22(27)21(26)18-14-23-19-8-4-3-7-17(18)19/h3-9,14,23H,10-13H2,1-2H3. The Morgan fingerprint density at radius 1 is 0.926 bits per heavy atom. The second kappa shape index (κ2) is 6.91. The van der Waals surface area contributed by atoms with Crippen LogP contribution in [0.3, 0.4) is 0 Å². The fraction of sp³-hybridized carbons (Fsp3) is 0.273. The van der Waals surface area contributed by atoms with Crippen LogP contribution in [-0.4, -0.2) is 47.8 Å². The van der Waals surface area contributed by atoms with E-state index in [2.05, 4.69) is 41.9 Å². The van der Waals surface area contributed by atoms with Gasteiger partial charge in [0.1, 0.15) is 0 Å². The Morgan fingerprint density at radius 2 is 1.67 bits per heavy atom. The zero-order valence-electron chi connectivity index (χ0n) is 15.7. The fourth-order valence-electron chi connectivity index (χ4n) is 3.75. The van der Waals surface area contributed by atoms with Crippen LogP contribution in [-0.2, 0) is 4.79 Å². The number of carbonyl (C=O) groups is 2. The Bertz CT molecular complexity index is 1010. The van der Waals surface area contributed by atoms with E-state index in [1.807, 2.05) is 24.3 Å². The second-order valence-electron chi connectivity index (χ2n) is 7.08. The molecular weight excluding hydrogens is 338 g/mol. The Hall–Kier alpha value is -3.08. The molecule has 4 rings (SSSR count). The van der Waals surface area contributed by atoms with E-state index in [-0.39, 0.29) is 0 Å². The van der Waals surface area contributed by atoms with Crippen molar-refractivity contribution in [2.24, 2.45) is 0 Å². The molecule has 1 N–H and O–H groups in total. The first-order valence-electron chi connectivity index (χ1n) is 9.27. The summed E-state index contributed by atoms with van der Waals surface area (Å²) in [5.41, 5.74) is 5.07. The van der Waals surface area contributed by atoms with Crippen molar-refractivity contribution in [3.63, 3.8) is 0 Å². The molecule has 27 heavy (non-hydrogen) atoms. The van der Waals surface area contributed by atoms with Crippen LogP contribution in [0.4, 0.5) is 5.69 Å². The first-order valence-corrected chi connectivity index (χ1v) is 9.27. The van der Waals surface area contributed by atoms with Gasteiger partial charge in [0.2, 0.25) is 0 Å². The average molecular weight is 361 g/mol. The highest BCUT2D eigenvalue weighted by Crippen LogP contribution is 2.24. The van der Waals surface area contributed by atoms with Crippen molar-refractivity contribution in [1.82, 2.24) is 9.88 Å². The summed E-state index contributed by atoms with van der Waals surface area (Å²) in [5.74, 6) is -0.854. The van der Waals surface area contributed by atoms with E-state index >= 15 is 0 Å². The van der Waals surface area contributed by atoms with E-state index in [0.717, 1.165) is 24.0 Å². The molecule has 1 saturated heterocycles. The summed E-state index contributed by atoms with van der Waals surface area (Å²) in [6, 6.07) is 13.8. The highest BCUT2D eigenvalue weighted by Gasteiger charge is 2.28. The third-order valence-corrected chi connectivity index (χ3v) is 5.51. The highest BCUT2D eigenvalue weighted by atomic mass is 16.2. The van der Waals surface area contributed by atoms with Crippen molar-refractivity contribution < 1.29 is 9.59 Å². The summed E-state index contributed by atoms with van der Waals surface area (Å²) in [6.07, 6.45) is 1.64. The maximum atomic E-state index is 12.7. The number of ketones is 1. The lowest BCUT2D eigenvalue weighted by Crippen LogP contribution is -2.50. The maximum absolute atomic E-state index is 12.7. The minimum absolute atomic E-state index is 0.416. The molecule has 3 aromatic rings. The van der Waals surface area contributed by atoms with Gasteiger partial charge in [0.15, 0.2) is 0 Å². The van der Waals surface area contributed by atoms with E-state index in [9.17, 15) is 9.59 Å². The molecule has 0 aliphatic carbocycles. The molecule has 1 amide bonds. The minimum atomic E-state index is -0.437. The zero-order chi connectivity index (χ0) is 19.0. The van der Waals surface area contributed by atoms with Crippen LogP contribution in [0.5, 0.6) is 0 Å². The predicted octanol–water partition coefficient (Wildman–Crippen LogP) is 3.32. The van der Waals surface area contributed by atoms with Gasteiger partial charge in [-0.1, -0.05) is 30.3 Å². The number of hydrogen-bond acceptors (Lipinski definition) is 3. The quantitative estimate of drug-likeness (QED) is 0.575. The van der Waals surface area contributed by atoms with E-state index in [1.54, 1.807) is 11.1 Å². The number of rotatable bonds is 3. The smallest absolute Gasteiger partial charge is 0.295 e. The van der Waals surface area contributed by atoms with E-state index in [1.165, 1.54) is 16.8 Å². The van der Waals surface area contributed by atoms with Crippen molar-refractivity contribution in [3.05, 3.63) is 65.4 Å². The van der Waals surface area contributed by atoms with E-state index in [0.29, 0.717) is 18.7 Å². The molecule has 138 valence electrons. The molecule has 1 fully saturated rings. The number of carbonyl (C=O) groups excluding carboxylic acids is 2. The number of anilines is 1. The first kappa shape index (κ1) is 17.3. The Balaban J connectivity index is 1.47. The molecule has 1 aliphatic heterocycles. The molecule has 2 heterocycles. The molecular formula is C22H23N3O2. The molecule has 0 saturated carbocycles. The third kappa shape index (κ3) is 3.10. The van der Waals surface area contributed by atoms with Gasteiger partial charge >= 0.3 is 0 Å². The number of fused-ring (bicyclic) bond motifs is 1. The van der Waals surface area contributed by atoms with Crippen molar-refractivity contribution in [2.75, 3.05) is 31.1 Å². The highest BCUT2D eigenvalue weighted by molar-refractivity contribution is 6.44. The number of nitrogens with one attached hydrogen (secondary N) is 1. The molecule has 0 radical (unpaired) electrons. The van der Waals surface area contributed by atoms with Gasteiger partial charge in [-0.05, 0) is 37.1 Å². The van der Waals surface area contributed by atoms with Gasteiger partial charge in [-0.3, -0.25) is 9.59 Å². The predicted molar refractivity (Wildman–Crippen MR) is 107 cm³/mol. The SMILES string of the molecule is Cc1cccc(N2CCN(C(=O)C(=O)c3c[nH]c4ccccc34)CC2)c1C. The largest absolute Gasteiger partial charge is 0.368 e. The van der Waals surface area contributed by atoms with Crippen LogP contribution in [0.1, 0.15) is 21.5 Å². The minimum Gasteiger partial charge on any atom is -0.368 e. The molecule has 5 nitrogen and oxygen atoms in total. The van der Waals surface area contributed by atoms with Gasteiger partial charge in [0.05, 0.1) is 5.56 Å². The number of piperazine rings is 1. The molecule has 0 atom stereocenters. The molecule has 0 bridgehead atoms. The van der Waals surface area contributed by atoms with Gasteiger partial charge < -0.3 is 14.8 Å². The van der Waals surface area contributed by atoms with Crippen LogP contribution < -0.4 is 4.90 Å². The normalized spacial score (nSPS) is 14.6. The van der Waals surface area contributed by atoms with Crippen molar-refractivity contribution in [2.45, 2.75) is 13.8 Å². The number of aromatic amines is 1. The summed E-state index contributed by atoms with van der Waals surface area (Å²) in [6.45, 7) is 6.82. The monoisotopic (exact) mass is 361 g/mol. The summed E-state index contributed by atoms with van der Waals surface area (Å²) < 4.78 is 0. The number of aryl methyl sites for hydroxylation is 1. The van der Waals surface area contributed by atoms with E-state index < -0.39 is 11.7 Å². The summed E-state index contributed by atoms with van der Waals surface area (Å²) in [7, 11) is 0. The van der Waals surface area contributed by atoms with Crippen LogP contribution in [0.15, 0.2) is 48.7 Å². The molecule has 1 aliphatic rings. The van der Waals surface area contributed by atoms with Crippen LogP contribution >= 0.6 is 0 Å². The number of Topliss-reactive ketones (excluding diaryl/α,β-unsaturated/α-hetero) is 1. The molecule has 1 aromatic heterocycles. The van der Waals surface area contributed by atoms with Gasteiger partial charge in [0.25, 0.3) is 11.7 Å². The lowest BCUT2D eigenvalue weighted by atomic mass is 10.1. The lowest BCUT2D eigenvalue weighted by Gasteiger charge is -2.36. The topological polar surface area (TPSA) is 56.4 Å². The van der Waals surface area contributed by atoms with Gasteiger partial charge in [-0.2, -0.15) is 0 Å².